The molecule has 0 aliphatic rings. The molecule has 4 aromatic rings. The first-order valence-corrected chi connectivity index (χ1v) is 8.02. The number of para-hydroxylation sites is 1. The van der Waals surface area contributed by atoms with E-state index in [1.165, 1.54) is 12.3 Å². The first kappa shape index (κ1) is 15.7. The summed E-state index contributed by atoms with van der Waals surface area (Å²) in [6.45, 7) is 0. The number of aromatic nitrogens is 2. The summed E-state index contributed by atoms with van der Waals surface area (Å²) in [5.41, 5.74) is 2.32. The van der Waals surface area contributed by atoms with Crippen LogP contribution in [0.1, 0.15) is 33.4 Å². The molecule has 3 heterocycles. The summed E-state index contributed by atoms with van der Waals surface area (Å²) >= 11 is 0. The normalized spacial score (nSPS) is 11.8. The monoisotopic (exact) mass is 342 g/mol. The van der Waals surface area contributed by atoms with Crippen LogP contribution in [0, 0.1) is 11.3 Å². The van der Waals surface area contributed by atoms with Crippen molar-refractivity contribution in [2.75, 3.05) is 0 Å². The van der Waals surface area contributed by atoms with Gasteiger partial charge >= 0.3 is 0 Å². The number of nitrogens with zero attached hydrogens (tertiary/aromatic N) is 2. The summed E-state index contributed by atoms with van der Waals surface area (Å²) in [5, 5.41) is 12.9. The molecule has 0 aliphatic carbocycles. The molecule has 26 heavy (non-hydrogen) atoms. The summed E-state index contributed by atoms with van der Waals surface area (Å²) in [6.07, 6.45) is 4.83. The van der Waals surface area contributed by atoms with Crippen molar-refractivity contribution >= 4 is 16.9 Å². The smallest absolute Gasteiger partial charge is 0.268 e. The first-order chi connectivity index (χ1) is 12.7. The molecule has 0 saturated carbocycles. The van der Waals surface area contributed by atoms with Crippen LogP contribution < -0.4 is 5.32 Å². The number of fused-ring (bicyclic) bond motifs is 1. The van der Waals surface area contributed by atoms with E-state index in [9.17, 15) is 4.79 Å². The number of hydrogen-bond acceptors (Lipinski definition) is 4. The van der Waals surface area contributed by atoms with Crippen LogP contribution in [0.3, 0.4) is 0 Å². The number of carbonyl (C=O) groups excluding carboxylic acids is 1. The van der Waals surface area contributed by atoms with E-state index in [1.807, 2.05) is 48.5 Å². The number of carbonyl (C=O) groups is 1. The molecule has 1 aromatic carbocycles. The molecule has 0 radical (unpaired) electrons. The van der Waals surface area contributed by atoms with Crippen LogP contribution in [0.25, 0.3) is 11.0 Å². The van der Waals surface area contributed by atoms with Gasteiger partial charge in [-0.3, -0.25) is 9.78 Å². The zero-order chi connectivity index (χ0) is 17.9. The minimum atomic E-state index is -0.480. The zero-order valence-electron chi connectivity index (χ0n) is 13.6. The molecule has 0 bridgehead atoms. The van der Waals surface area contributed by atoms with E-state index in [4.69, 9.17) is 9.68 Å². The van der Waals surface area contributed by atoms with Crippen molar-refractivity contribution in [1.29, 1.82) is 5.26 Å². The van der Waals surface area contributed by atoms with Gasteiger partial charge in [-0.25, -0.2) is 0 Å². The highest BCUT2D eigenvalue weighted by atomic mass is 16.3. The van der Waals surface area contributed by atoms with Crippen molar-refractivity contribution in [3.05, 3.63) is 89.7 Å². The summed E-state index contributed by atoms with van der Waals surface area (Å²) in [6, 6.07) is 16.3. The van der Waals surface area contributed by atoms with E-state index in [1.54, 1.807) is 12.4 Å². The van der Waals surface area contributed by atoms with Crippen molar-refractivity contribution in [2.45, 2.75) is 6.04 Å². The van der Waals surface area contributed by atoms with Crippen LogP contribution in [-0.2, 0) is 0 Å². The molecule has 0 fully saturated rings. The number of pyridine rings is 1. The molecule has 0 spiro atoms. The number of furan rings is 1. The maximum Gasteiger partial charge on any atom is 0.268 e. The van der Waals surface area contributed by atoms with Gasteiger partial charge in [-0.2, -0.15) is 5.26 Å². The molecule has 1 amide bonds. The Morgan fingerprint density at radius 2 is 2.00 bits per heavy atom. The van der Waals surface area contributed by atoms with Crippen molar-refractivity contribution in [1.82, 2.24) is 15.3 Å². The number of aromatic amines is 1. The van der Waals surface area contributed by atoms with Gasteiger partial charge in [-0.1, -0.05) is 18.2 Å². The van der Waals surface area contributed by atoms with E-state index in [0.29, 0.717) is 17.0 Å². The quantitative estimate of drug-likeness (QED) is 0.593. The van der Waals surface area contributed by atoms with Gasteiger partial charge in [0.1, 0.15) is 29.1 Å². The Labute approximate surface area is 149 Å². The molecule has 4 rings (SSSR count). The molecule has 0 aliphatic heterocycles. The number of amides is 1. The number of hydrogen-bond donors (Lipinski definition) is 2. The lowest BCUT2D eigenvalue weighted by Gasteiger charge is -2.16. The second-order valence-corrected chi connectivity index (χ2v) is 5.79. The van der Waals surface area contributed by atoms with E-state index < -0.39 is 6.04 Å². The third kappa shape index (κ3) is 2.94. The molecule has 3 aromatic heterocycles. The Morgan fingerprint density at radius 1 is 1.19 bits per heavy atom. The Morgan fingerprint density at radius 3 is 2.73 bits per heavy atom. The minimum absolute atomic E-state index is 0.316. The fraction of sp³-hybridized carbons (Fsp3) is 0.0500. The maximum absolute atomic E-state index is 12.6. The van der Waals surface area contributed by atoms with Crippen LogP contribution in [0.15, 0.2) is 71.5 Å². The second-order valence-electron chi connectivity index (χ2n) is 5.79. The van der Waals surface area contributed by atoms with Crippen molar-refractivity contribution in [2.24, 2.45) is 0 Å². The maximum atomic E-state index is 12.6. The second kappa shape index (κ2) is 6.57. The van der Waals surface area contributed by atoms with Gasteiger partial charge in [0.05, 0.1) is 5.56 Å². The summed E-state index contributed by atoms with van der Waals surface area (Å²) in [7, 11) is 0. The summed E-state index contributed by atoms with van der Waals surface area (Å²) < 4.78 is 5.95. The highest BCUT2D eigenvalue weighted by Gasteiger charge is 2.22. The Kier molecular flexibility index (Phi) is 3.96. The van der Waals surface area contributed by atoms with Crippen LogP contribution in [0.2, 0.25) is 0 Å². The van der Waals surface area contributed by atoms with Crippen LogP contribution in [0.4, 0.5) is 0 Å². The van der Waals surface area contributed by atoms with E-state index in [-0.39, 0.29) is 5.91 Å². The summed E-state index contributed by atoms with van der Waals surface area (Å²) in [4.78, 5) is 19.5. The van der Waals surface area contributed by atoms with Gasteiger partial charge in [0, 0.05) is 24.0 Å². The van der Waals surface area contributed by atoms with Crippen molar-refractivity contribution in [3.63, 3.8) is 0 Å². The van der Waals surface area contributed by atoms with E-state index >= 15 is 0 Å². The Balaban J connectivity index is 1.71. The molecule has 6 heteroatoms. The standard InChI is InChI=1S/C20H14N4O2/c21-11-13-9-16(23-12-13)20(25)24-19(14-5-7-22-8-6-14)18-10-15-3-1-2-4-17(15)26-18/h1-10,12,19,23H,(H,24,25). The SMILES string of the molecule is N#Cc1c[nH]c(C(=O)NC(c2ccncc2)c2cc3ccccc3o2)c1. The van der Waals surface area contributed by atoms with E-state index in [2.05, 4.69) is 15.3 Å². The Hall–Kier alpha value is -3.85. The van der Waals surface area contributed by atoms with E-state index in [0.717, 1.165) is 16.5 Å². The minimum Gasteiger partial charge on any atom is -0.459 e. The topological polar surface area (TPSA) is 94.7 Å². The Bertz CT molecular complexity index is 1070. The van der Waals surface area contributed by atoms with Crippen LogP contribution in [0.5, 0.6) is 0 Å². The lowest BCUT2D eigenvalue weighted by Crippen LogP contribution is -2.29. The van der Waals surface area contributed by atoms with Gasteiger partial charge in [0.15, 0.2) is 0 Å². The number of nitriles is 1. The van der Waals surface area contributed by atoms with Gasteiger partial charge in [-0.05, 0) is 35.9 Å². The molecule has 2 N–H and O–H groups in total. The molecule has 126 valence electrons. The fourth-order valence-electron chi connectivity index (χ4n) is 2.82. The molecule has 1 atom stereocenters. The number of H-pyrrole nitrogens is 1. The third-order valence-corrected chi connectivity index (χ3v) is 4.10. The third-order valence-electron chi connectivity index (χ3n) is 4.10. The van der Waals surface area contributed by atoms with Gasteiger partial charge in [0.2, 0.25) is 0 Å². The lowest BCUT2D eigenvalue weighted by atomic mass is 10.1. The zero-order valence-corrected chi connectivity index (χ0v) is 13.6. The molecular formula is C20H14N4O2. The van der Waals surface area contributed by atoms with Gasteiger partial charge < -0.3 is 14.7 Å². The van der Waals surface area contributed by atoms with Crippen molar-refractivity contribution < 1.29 is 9.21 Å². The molecule has 1 unspecified atom stereocenters. The van der Waals surface area contributed by atoms with Crippen molar-refractivity contribution in [3.8, 4) is 6.07 Å². The van der Waals surface area contributed by atoms with Gasteiger partial charge in [0.25, 0.3) is 5.91 Å². The number of rotatable bonds is 4. The number of benzene rings is 1. The van der Waals surface area contributed by atoms with Crippen LogP contribution in [-0.4, -0.2) is 15.9 Å². The predicted octanol–water partition coefficient (Wildman–Crippen LogP) is 3.55. The summed E-state index contributed by atoms with van der Waals surface area (Å²) in [5.74, 6) is 0.298. The molecular weight excluding hydrogens is 328 g/mol. The van der Waals surface area contributed by atoms with Gasteiger partial charge in [-0.15, -0.1) is 0 Å². The average molecular weight is 342 g/mol. The number of nitrogens with one attached hydrogen (secondary N) is 2. The highest BCUT2D eigenvalue weighted by molar-refractivity contribution is 5.93. The predicted molar refractivity (Wildman–Crippen MR) is 95.3 cm³/mol. The first-order valence-electron chi connectivity index (χ1n) is 8.02. The fourth-order valence-corrected chi connectivity index (χ4v) is 2.82. The lowest BCUT2D eigenvalue weighted by molar-refractivity contribution is 0.0935. The average Bonchev–Trinajstić information content (AvgIpc) is 3.33. The van der Waals surface area contributed by atoms with Crippen LogP contribution >= 0.6 is 0 Å². The largest absolute Gasteiger partial charge is 0.459 e. The molecule has 0 saturated heterocycles. The molecule has 6 nitrogen and oxygen atoms in total. The highest BCUT2D eigenvalue weighted by Crippen LogP contribution is 2.28.